The van der Waals surface area contributed by atoms with Gasteiger partial charge in [-0.1, -0.05) is 34.1 Å². The van der Waals surface area contributed by atoms with E-state index in [0.29, 0.717) is 22.2 Å². The van der Waals surface area contributed by atoms with Gasteiger partial charge in [-0.05, 0) is 36.4 Å². The number of carbonyl (C=O) groups excluding carboxylic acids is 2. The number of urea groups is 1. The highest BCUT2D eigenvalue weighted by Gasteiger charge is 2.10. The number of halogens is 1. The van der Waals surface area contributed by atoms with Gasteiger partial charge in [0.15, 0.2) is 5.13 Å². The summed E-state index contributed by atoms with van der Waals surface area (Å²) < 4.78 is 0.944. The van der Waals surface area contributed by atoms with Crippen LogP contribution in [0.25, 0.3) is 0 Å². The molecule has 0 spiro atoms. The monoisotopic (exact) mass is 430 g/mol. The zero-order chi connectivity index (χ0) is 18.4. The summed E-state index contributed by atoms with van der Waals surface area (Å²) in [5.74, 6) is -0.169. The number of nitrogens with zero attached hydrogens (tertiary/aromatic N) is 1. The van der Waals surface area contributed by atoms with E-state index >= 15 is 0 Å². The number of anilines is 3. The molecule has 6 nitrogen and oxygen atoms in total. The van der Waals surface area contributed by atoms with Crippen LogP contribution in [-0.2, 0) is 11.2 Å². The number of benzene rings is 2. The fourth-order valence-corrected chi connectivity index (χ4v) is 3.10. The second kappa shape index (κ2) is 8.59. The number of para-hydroxylation sites is 1. The fraction of sp³-hybridized carbons (Fsp3) is 0.0556. The normalized spacial score (nSPS) is 10.2. The van der Waals surface area contributed by atoms with E-state index in [9.17, 15) is 9.59 Å². The molecule has 0 radical (unpaired) electrons. The number of hydrogen-bond donors (Lipinski definition) is 3. The highest BCUT2D eigenvalue weighted by molar-refractivity contribution is 9.10. The highest BCUT2D eigenvalue weighted by atomic mass is 79.9. The first kappa shape index (κ1) is 18.1. The number of thiazole rings is 1. The molecule has 2 aromatic carbocycles. The molecule has 3 amide bonds. The van der Waals surface area contributed by atoms with Crippen LogP contribution in [0.5, 0.6) is 0 Å². The molecule has 1 aromatic heterocycles. The molecule has 0 saturated carbocycles. The SMILES string of the molecule is O=C(Cc1csc(NC(=O)Nc2ccccc2)n1)Nc1ccc(Br)cc1. The van der Waals surface area contributed by atoms with Crippen LogP contribution in [0.4, 0.5) is 21.3 Å². The third-order valence-corrected chi connectivity index (χ3v) is 4.61. The van der Waals surface area contributed by atoms with Crippen LogP contribution in [0.15, 0.2) is 64.5 Å². The summed E-state index contributed by atoms with van der Waals surface area (Å²) in [6, 6.07) is 16.1. The number of carbonyl (C=O) groups is 2. The Morgan fingerprint density at radius 3 is 2.35 bits per heavy atom. The van der Waals surface area contributed by atoms with Gasteiger partial charge in [-0.25, -0.2) is 9.78 Å². The molecule has 0 fully saturated rings. The molecule has 0 bridgehead atoms. The zero-order valence-electron chi connectivity index (χ0n) is 13.5. The molecular formula is C18H15BrN4O2S. The van der Waals surface area contributed by atoms with E-state index < -0.39 is 0 Å². The molecule has 3 aromatic rings. The molecule has 0 aliphatic carbocycles. The first-order valence-corrected chi connectivity index (χ1v) is 9.38. The minimum Gasteiger partial charge on any atom is -0.326 e. The van der Waals surface area contributed by atoms with Crippen LogP contribution < -0.4 is 16.0 Å². The van der Waals surface area contributed by atoms with Crippen LogP contribution >= 0.6 is 27.3 Å². The Morgan fingerprint density at radius 1 is 0.923 bits per heavy atom. The fourth-order valence-electron chi connectivity index (χ4n) is 2.13. The van der Waals surface area contributed by atoms with E-state index in [-0.39, 0.29) is 18.4 Å². The second-order valence-corrected chi connectivity index (χ2v) is 7.09. The Hall–Kier alpha value is -2.71. The number of rotatable bonds is 5. The zero-order valence-corrected chi connectivity index (χ0v) is 15.9. The molecule has 0 saturated heterocycles. The van der Waals surface area contributed by atoms with Gasteiger partial charge in [-0.15, -0.1) is 11.3 Å². The Labute approximate surface area is 162 Å². The molecule has 1 heterocycles. The van der Waals surface area contributed by atoms with Crippen molar-refractivity contribution in [2.24, 2.45) is 0 Å². The lowest BCUT2D eigenvalue weighted by atomic mass is 10.3. The first-order valence-electron chi connectivity index (χ1n) is 7.71. The van der Waals surface area contributed by atoms with Gasteiger partial charge in [0.2, 0.25) is 5.91 Å². The Bertz CT molecular complexity index is 897. The quantitative estimate of drug-likeness (QED) is 0.546. The molecule has 0 atom stereocenters. The number of aromatic nitrogens is 1. The minimum atomic E-state index is -0.378. The molecule has 0 unspecified atom stereocenters. The van der Waals surface area contributed by atoms with Crippen molar-refractivity contribution in [1.29, 1.82) is 0 Å². The summed E-state index contributed by atoms with van der Waals surface area (Å²) in [5, 5.41) is 10.4. The average Bonchev–Trinajstić information content (AvgIpc) is 3.04. The average molecular weight is 431 g/mol. The summed E-state index contributed by atoms with van der Waals surface area (Å²) >= 11 is 4.62. The van der Waals surface area contributed by atoms with Crippen molar-refractivity contribution in [3.63, 3.8) is 0 Å². The third kappa shape index (κ3) is 5.40. The molecule has 3 N–H and O–H groups in total. The van der Waals surface area contributed by atoms with Crippen LogP contribution in [0.2, 0.25) is 0 Å². The maximum atomic E-state index is 12.1. The highest BCUT2D eigenvalue weighted by Crippen LogP contribution is 2.18. The van der Waals surface area contributed by atoms with Crippen LogP contribution in [-0.4, -0.2) is 16.9 Å². The Kier molecular flexibility index (Phi) is 5.98. The molecule has 26 heavy (non-hydrogen) atoms. The summed E-state index contributed by atoms with van der Waals surface area (Å²) in [4.78, 5) is 28.3. The Balaban J connectivity index is 1.51. The van der Waals surface area contributed by atoms with Crippen molar-refractivity contribution >= 4 is 55.7 Å². The number of hydrogen-bond acceptors (Lipinski definition) is 4. The first-order chi connectivity index (χ1) is 12.6. The maximum Gasteiger partial charge on any atom is 0.325 e. The van der Waals surface area contributed by atoms with E-state index in [1.165, 1.54) is 11.3 Å². The van der Waals surface area contributed by atoms with Gasteiger partial charge in [-0.3, -0.25) is 10.1 Å². The standard InChI is InChI=1S/C18H15BrN4O2S/c19-12-6-8-14(9-7-12)20-16(24)10-15-11-26-18(22-15)23-17(25)21-13-4-2-1-3-5-13/h1-9,11H,10H2,(H,20,24)(H2,21,22,23,25). The minimum absolute atomic E-state index is 0.133. The van der Waals surface area contributed by atoms with Gasteiger partial charge in [0.25, 0.3) is 0 Å². The van der Waals surface area contributed by atoms with Crippen molar-refractivity contribution in [2.45, 2.75) is 6.42 Å². The van der Waals surface area contributed by atoms with E-state index in [0.717, 1.165) is 4.47 Å². The van der Waals surface area contributed by atoms with Crippen LogP contribution in [0, 0.1) is 0 Å². The lowest BCUT2D eigenvalue weighted by molar-refractivity contribution is -0.115. The van der Waals surface area contributed by atoms with Crippen molar-refractivity contribution in [2.75, 3.05) is 16.0 Å². The second-order valence-electron chi connectivity index (χ2n) is 5.32. The molecule has 0 aliphatic heterocycles. The number of nitrogens with one attached hydrogen (secondary N) is 3. The van der Waals surface area contributed by atoms with Gasteiger partial charge in [0, 0.05) is 21.2 Å². The molecule has 0 aliphatic rings. The number of amides is 3. The smallest absolute Gasteiger partial charge is 0.325 e. The molecule has 8 heteroatoms. The van der Waals surface area contributed by atoms with Gasteiger partial charge < -0.3 is 10.6 Å². The topological polar surface area (TPSA) is 83.1 Å². The largest absolute Gasteiger partial charge is 0.326 e. The summed E-state index contributed by atoms with van der Waals surface area (Å²) in [6.07, 6.45) is 0.133. The van der Waals surface area contributed by atoms with E-state index in [1.807, 2.05) is 42.5 Å². The molecular weight excluding hydrogens is 416 g/mol. The predicted molar refractivity (Wildman–Crippen MR) is 108 cm³/mol. The predicted octanol–water partition coefficient (Wildman–Crippen LogP) is 4.73. The molecule has 132 valence electrons. The van der Waals surface area contributed by atoms with Crippen molar-refractivity contribution in [3.8, 4) is 0 Å². The van der Waals surface area contributed by atoms with Crippen molar-refractivity contribution in [1.82, 2.24) is 4.98 Å². The van der Waals surface area contributed by atoms with Gasteiger partial charge in [0.1, 0.15) is 0 Å². The van der Waals surface area contributed by atoms with Crippen molar-refractivity contribution in [3.05, 3.63) is 70.1 Å². The Morgan fingerprint density at radius 2 is 1.62 bits per heavy atom. The summed E-state index contributed by atoms with van der Waals surface area (Å²) in [6.45, 7) is 0. The van der Waals surface area contributed by atoms with Gasteiger partial charge >= 0.3 is 6.03 Å². The van der Waals surface area contributed by atoms with Crippen LogP contribution in [0.1, 0.15) is 5.69 Å². The van der Waals surface area contributed by atoms with Crippen LogP contribution in [0.3, 0.4) is 0 Å². The molecule has 3 rings (SSSR count). The summed E-state index contributed by atoms with van der Waals surface area (Å²) in [7, 11) is 0. The third-order valence-electron chi connectivity index (χ3n) is 3.27. The maximum absolute atomic E-state index is 12.1. The van der Waals surface area contributed by atoms with E-state index in [4.69, 9.17) is 0 Å². The summed E-state index contributed by atoms with van der Waals surface area (Å²) in [5.41, 5.74) is 2.00. The lowest BCUT2D eigenvalue weighted by Crippen LogP contribution is -2.19. The van der Waals surface area contributed by atoms with E-state index in [1.54, 1.807) is 17.5 Å². The van der Waals surface area contributed by atoms with Gasteiger partial charge in [0.05, 0.1) is 12.1 Å². The van der Waals surface area contributed by atoms with Crippen molar-refractivity contribution < 1.29 is 9.59 Å². The van der Waals surface area contributed by atoms with E-state index in [2.05, 4.69) is 36.9 Å². The van der Waals surface area contributed by atoms with Gasteiger partial charge in [-0.2, -0.15) is 0 Å². The lowest BCUT2D eigenvalue weighted by Gasteiger charge is -2.05.